The van der Waals surface area contributed by atoms with E-state index in [2.05, 4.69) is 37.2 Å². The summed E-state index contributed by atoms with van der Waals surface area (Å²) in [5.74, 6) is -0.938. The Balaban J connectivity index is 2.89. The summed E-state index contributed by atoms with van der Waals surface area (Å²) >= 11 is 6.43. The molecule has 0 atom stereocenters. The van der Waals surface area contributed by atoms with E-state index in [0.717, 1.165) is 0 Å². The highest BCUT2D eigenvalue weighted by atomic mass is 79.9. The molecule has 2 nitrogen and oxygen atoms in total. The van der Waals surface area contributed by atoms with Gasteiger partial charge in [0.1, 0.15) is 5.82 Å². The first-order chi connectivity index (χ1) is 7.35. The highest BCUT2D eigenvalue weighted by Crippen LogP contribution is 2.16. The van der Waals surface area contributed by atoms with Crippen LogP contribution in [0.5, 0.6) is 0 Å². The number of benzene rings is 1. The zero-order valence-electron chi connectivity index (χ0n) is 8.98. The summed E-state index contributed by atoms with van der Waals surface area (Å²) in [6.07, 6.45) is 0. The van der Waals surface area contributed by atoms with Gasteiger partial charge in [0.15, 0.2) is 0 Å². The summed E-state index contributed by atoms with van der Waals surface area (Å²) < 4.78 is 14.1. The number of carbonyl (C=O) groups excluding carboxylic acids is 1. The van der Waals surface area contributed by atoms with E-state index in [0.29, 0.717) is 9.80 Å². The quantitative estimate of drug-likeness (QED) is 0.829. The molecule has 1 aromatic carbocycles. The molecule has 1 rings (SSSR count). The number of hydrogen-bond donors (Lipinski definition) is 1. The molecule has 1 aromatic rings. The van der Waals surface area contributed by atoms with E-state index >= 15 is 0 Å². The van der Waals surface area contributed by atoms with Crippen molar-refractivity contribution in [2.75, 3.05) is 5.33 Å². The number of rotatable bonds is 3. The third-order valence-corrected chi connectivity index (χ3v) is 3.86. The van der Waals surface area contributed by atoms with Crippen LogP contribution in [0, 0.1) is 5.82 Å². The average molecular weight is 353 g/mol. The van der Waals surface area contributed by atoms with Crippen LogP contribution < -0.4 is 5.32 Å². The molecule has 0 heterocycles. The van der Waals surface area contributed by atoms with E-state index in [-0.39, 0.29) is 5.56 Å². The number of hydrogen-bond acceptors (Lipinski definition) is 1. The molecular formula is C11H12Br2FNO. The van der Waals surface area contributed by atoms with Crippen molar-refractivity contribution in [1.82, 2.24) is 5.32 Å². The molecule has 0 fully saturated rings. The van der Waals surface area contributed by atoms with E-state index in [1.165, 1.54) is 12.1 Å². The van der Waals surface area contributed by atoms with Gasteiger partial charge in [-0.25, -0.2) is 4.39 Å². The van der Waals surface area contributed by atoms with Gasteiger partial charge in [-0.15, -0.1) is 0 Å². The van der Waals surface area contributed by atoms with Crippen molar-refractivity contribution in [2.45, 2.75) is 19.4 Å². The highest BCUT2D eigenvalue weighted by Gasteiger charge is 2.21. The van der Waals surface area contributed by atoms with Gasteiger partial charge in [-0.3, -0.25) is 4.79 Å². The molecule has 5 heteroatoms. The lowest BCUT2D eigenvalue weighted by atomic mass is 10.1. The smallest absolute Gasteiger partial charge is 0.254 e. The lowest BCUT2D eigenvalue weighted by Crippen LogP contribution is -2.45. The van der Waals surface area contributed by atoms with Gasteiger partial charge in [0.2, 0.25) is 0 Å². The fourth-order valence-electron chi connectivity index (χ4n) is 1.08. The van der Waals surface area contributed by atoms with Gasteiger partial charge in [0, 0.05) is 15.3 Å². The highest BCUT2D eigenvalue weighted by molar-refractivity contribution is 9.10. The minimum atomic E-state index is -0.530. The molecule has 0 aliphatic rings. The first-order valence-corrected chi connectivity index (χ1v) is 6.61. The van der Waals surface area contributed by atoms with Crippen LogP contribution in [0.1, 0.15) is 24.2 Å². The van der Waals surface area contributed by atoms with Crippen LogP contribution in [0.4, 0.5) is 4.39 Å². The molecular weight excluding hydrogens is 341 g/mol. The normalized spacial score (nSPS) is 11.3. The summed E-state index contributed by atoms with van der Waals surface area (Å²) in [4.78, 5) is 11.8. The van der Waals surface area contributed by atoms with Gasteiger partial charge in [-0.05, 0) is 32.0 Å². The van der Waals surface area contributed by atoms with E-state index < -0.39 is 17.3 Å². The summed E-state index contributed by atoms with van der Waals surface area (Å²) in [5, 5.41) is 3.34. The molecule has 0 saturated heterocycles. The van der Waals surface area contributed by atoms with Gasteiger partial charge in [-0.2, -0.15) is 0 Å². The molecule has 0 saturated carbocycles. The second-order valence-corrected chi connectivity index (χ2v) is 5.57. The molecule has 88 valence electrons. The van der Waals surface area contributed by atoms with E-state index in [1.54, 1.807) is 6.07 Å². The third kappa shape index (κ3) is 3.56. The van der Waals surface area contributed by atoms with Crippen LogP contribution in [-0.4, -0.2) is 16.8 Å². The zero-order chi connectivity index (χ0) is 12.3. The van der Waals surface area contributed by atoms with Gasteiger partial charge in [0.25, 0.3) is 5.91 Å². The standard InChI is InChI=1S/C11H12Br2FNO/c1-11(2,6-12)15-10(16)8-4-3-7(13)5-9(8)14/h3-5H,6H2,1-2H3,(H,15,16). The van der Waals surface area contributed by atoms with Crippen molar-refractivity contribution in [3.63, 3.8) is 0 Å². The van der Waals surface area contributed by atoms with Crippen molar-refractivity contribution in [3.05, 3.63) is 34.1 Å². The van der Waals surface area contributed by atoms with Crippen LogP contribution in [0.2, 0.25) is 0 Å². The number of nitrogens with one attached hydrogen (secondary N) is 1. The average Bonchev–Trinajstić information content (AvgIpc) is 2.16. The maximum absolute atomic E-state index is 13.5. The predicted molar refractivity (Wildman–Crippen MR) is 69.4 cm³/mol. The Bertz CT molecular complexity index is 407. The maximum atomic E-state index is 13.5. The van der Waals surface area contributed by atoms with Gasteiger partial charge in [0.05, 0.1) is 5.56 Å². The van der Waals surface area contributed by atoms with E-state index in [9.17, 15) is 9.18 Å². The van der Waals surface area contributed by atoms with Crippen LogP contribution in [0.25, 0.3) is 0 Å². The number of halogens is 3. The lowest BCUT2D eigenvalue weighted by molar-refractivity contribution is 0.0917. The van der Waals surface area contributed by atoms with Crippen molar-refractivity contribution in [1.29, 1.82) is 0 Å². The summed E-state index contributed by atoms with van der Waals surface area (Å²) in [5.41, 5.74) is -0.353. The third-order valence-electron chi connectivity index (χ3n) is 1.96. The number of carbonyl (C=O) groups is 1. The Hall–Kier alpha value is -0.420. The number of amides is 1. The Labute approximate surface area is 111 Å². The Morgan fingerprint density at radius 3 is 2.62 bits per heavy atom. The fourth-order valence-corrected chi connectivity index (χ4v) is 1.56. The van der Waals surface area contributed by atoms with Gasteiger partial charge in [-0.1, -0.05) is 31.9 Å². The van der Waals surface area contributed by atoms with Crippen LogP contribution in [0.3, 0.4) is 0 Å². The van der Waals surface area contributed by atoms with Crippen LogP contribution in [0.15, 0.2) is 22.7 Å². The molecule has 0 aliphatic carbocycles. The van der Waals surface area contributed by atoms with Crippen molar-refractivity contribution in [2.24, 2.45) is 0 Å². The van der Waals surface area contributed by atoms with Crippen LogP contribution >= 0.6 is 31.9 Å². The summed E-state index contributed by atoms with van der Waals surface area (Å²) in [6, 6.07) is 4.37. The minimum absolute atomic E-state index is 0.0530. The lowest BCUT2D eigenvalue weighted by Gasteiger charge is -2.23. The Morgan fingerprint density at radius 2 is 2.12 bits per heavy atom. The van der Waals surface area contributed by atoms with E-state index in [4.69, 9.17) is 0 Å². The maximum Gasteiger partial charge on any atom is 0.254 e. The molecule has 0 aromatic heterocycles. The first-order valence-electron chi connectivity index (χ1n) is 4.69. The molecule has 0 spiro atoms. The molecule has 16 heavy (non-hydrogen) atoms. The van der Waals surface area contributed by atoms with Gasteiger partial charge < -0.3 is 5.32 Å². The Morgan fingerprint density at radius 1 is 1.50 bits per heavy atom. The molecule has 0 radical (unpaired) electrons. The van der Waals surface area contributed by atoms with Crippen LogP contribution in [-0.2, 0) is 0 Å². The first kappa shape index (κ1) is 13.6. The largest absolute Gasteiger partial charge is 0.346 e. The monoisotopic (exact) mass is 351 g/mol. The molecule has 1 N–H and O–H groups in total. The number of alkyl halides is 1. The van der Waals surface area contributed by atoms with Crippen molar-refractivity contribution >= 4 is 37.8 Å². The summed E-state index contributed by atoms with van der Waals surface area (Å²) in [7, 11) is 0. The molecule has 0 aliphatic heterocycles. The topological polar surface area (TPSA) is 29.1 Å². The molecule has 0 unspecified atom stereocenters. The Kier molecular flexibility index (Phi) is 4.50. The van der Waals surface area contributed by atoms with E-state index in [1.807, 2.05) is 13.8 Å². The van der Waals surface area contributed by atoms with Gasteiger partial charge >= 0.3 is 0 Å². The minimum Gasteiger partial charge on any atom is -0.346 e. The molecule has 1 amide bonds. The van der Waals surface area contributed by atoms with Crippen molar-refractivity contribution < 1.29 is 9.18 Å². The van der Waals surface area contributed by atoms with Crippen molar-refractivity contribution in [3.8, 4) is 0 Å². The summed E-state index contributed by atoms with van der Waals surface area (Å²) in [6.45, 7) is 3.72. The predicted octanol–water partition coefficient (Wildman–Crippen LogP) is 3.49. The molecule has 0 bridgehead atoms. The second kappa shape index (κ2) is 5.27. The zero-order valence-corrected chi connectivity index (χ0v) is 12.2. The second-order valence-electron chi connectivity index (χ2n) is 4.10. The fraction of sp³-hybridized carbons (Fsp3) is 0.364. The SMILES string of the molecule is CC(C)(CBr)NC(=O)c1ccc(Br)cc1F.